The molecule has 1 heterocycles. The van der Waals surface area contributed by atoms with Crippen molar-refractivity contribution in [1.82, 2.24) is 4.98 Å². The van der Waals surface area contributed by atoms with Gasteiger partial charge in [0.25, 0.3) is 0 Å². The maximum atomic E-state index is 12.1. The van der Waals surface area contributed by atoms with E-state index in [0.717, 1.165) is 34.7 Å². The highest BCUT2D eigenvalue weighted by atomic mass is 32.1. The van der Waals surface area contributed by atoms with E-state index in [1.807, 2.05) is 38.1 Å². The highest BCUT2D eigenvalue weighted by molar-refractivity contribution is 7.15. The molecule has 25 heavy (non-hydrogen) atoms. The van der Waals surface area contributed by atoms with Gasteiger partial charge in [0.15, 0.2) is 5.13 Å². The second-order valence-electron chi connectivity index (χ2n) is 6.03. The van der Waals surface area contributed by atoms with Gasteiger partial charge in [-0.2, -0.15) is 0 Å². The standard InChI is InChI=1S/C18H21N3O3S/c1-3-24-16(22)12-7-8-14-15(10-12)25-18(20-14)21-17(23)19-13-6-4-5-11(2)9-13/h4-6,9,12H,3,7-8,10H2,1-2H3,(H2,19,20,21,23). The van der Waals surface area contributed by atoms with E-state index in [9.17, 15) is 9.59 Å². The lowest BCUT2D eigenvalue weighted by Gasteiger charge is -2.18. The summed E-state index contributed by atoms with van der Waals surface area (Å²) in [7, 11) is 0. The second-order valence-corrected chi connectivity index (χ2v) is 7.11. The Morgan fingerprint density at radius 1 is 1.36 bits per heavy atom. The molecule has 0 radical (unpaired) electrons. The summed E-state index contributed by atoms with van der Waals surface area (Å²) in [5, 5.41) is 6.13. The Labute approximate surface area is 150 Å². The molecule has 1 atom stereocenters. The molecular formula is C18H21N3O3S. The van der Waals surface area contributed by atoms with E-state index in [-0.39, 0.29) is 17.9 Å². The van der Waals surface area contributed by atoms with E-state index in [4.69, 9.17) is 4.74 Å². The molecule has 6 nitrogen and oxygen atoms in total. The molecule has 0 aliphatic heterocycles. The number of aryl methyl sites for hydroxylation is 2. The zero-order chi connectivity index (χ0) is 17.8. The van der Waals surface area contributed by atoms with Crippen LogP contribution in [0.2, 0.25) is 0 Å². The Bertz CT molecular complexity index is 788. The third-order valence-corrected chi connectivity index (χ3v) is 5.09. The van der Waals surface area contributed by atoms with Gasteiger partial charge in [0.1, 0.15) is 0 Å². The van der Waals surface area contributed by atoms with Gasteiger partial charge in [-0.1, -0.05) is 12.1 Å². The van der Waals surface area contributed by atoms with Crippen molar-refractivity contribution in [2.24, 2.45) is 5.92 Å². The topological polar surface area (TPSA) is 80.3 Å². The molecule has 1 aromatic carbocycles. The molecule has 132 valence electrons. The van der Waals surface area contributed by atoms with Crippen LogP contribution < -0.4 is 10.6 Å². The average Bonchev–Trinajstić information content (AvgIpc) is 2.96. The van der Waals surface area contributed by atoms with E-state index in [2.05, 4.69) is 15.6 Å². The molecule has 0 fully saturated rings. The molecule has 0 spiro atoms. The van der Waals surface area contributed by atoms with Crippen LogP contribution in [0.5, 0.6) is 0 Å². The van der Waals surface area contributed by atoms with Crippen molar-refractivity contribution in [3.63, 3.8) is 0 Å². The van der Waals surface area contributed by atoms with E-state index in [1.165, 1.54) is 11.3 Å². The van der Waals surface area contributed by atoms with Gasteiger partial charge < -0.3 is 10.1 Å². The van der Waals surface area contributed by atoms with Crippen LogP contribution >= 0.6 is 11.3 Å². The Kier molecular flexibility index (Phi) is 5.33. The van der Waals surface area contributed by atoms with Gasteiger partial charge in [0.2, 0.25) is 0 Å². The fourth-order valence-electron chi connectivity index (χ4n) is 2.87. The lowest BCUT2D eigenvalue weighted by molar-refractivity contribution is -0.148. The summed E-state index contributed by atoms with van der Waals surface area (Å²) in [6, 6.07) is 7.28. The van der Waals surface area contributed by atoms with Crippen LogP contribution in [-0.2, 0) is 22.4 Å². The number of anilines is 2. The lowest BCUT2D eigenvalue weighted by Crippen LogP contribution is -2.24. The molecule has 3 rings (SSSR count). The first kappa shape index (κ1) is 17.4. The minimum Gasteiger partial charge on any atom is -0.466 e. The predicted molar refractivity (Wildman–Crippen MR) is 98.1 cm³/mol. The summed E-state index contributed by atoms with van der Waals surface area (Å²) in [6.07, 6.45) is 2.11. The van der Waals surface area contributed by atoms with Gasteiger partial charge in [-0.15, -0.1) is 11.3 Å². The SMILES string of the molecule is CCOC(=O)C1CCc2nc(NC(=O)Nc3cccc(C)c3)sc2C1. The number of esters is 1. The fourth-order valence-corrected chi connectivity index (χ4v) is 3.95. The lowest BCUT2D eigenvalue weighted by atomic mass is 9.91. The first-order chi connectivity index (χ1) is 12.0. The maximum Gasteiger partial charge on any atom is 0.325 e. The molecule has 0 saturated carbocycles. The normalized spacial score (nSPS) is 16.0. The smallest absolute Gasteiger partial charge is 0.325 e. The van der Waals surface area contributed by atoms with Gasteiger partial charge in [0.05, 0.1) is 18.2 Å². The number of nitrogens with one attached hydrogen (secondary N) is 2. The van der Waals surface area contributed by atoms with Crippen LogP contribution in [0.25, 0.3) is 0 Å². The summed E-state index contributed by atoms with van der Waals surface area (Å²) < 4.78 is 5.11. The predicted octanol–water partition coefficient (Wildman–Crippen LogP) is 3.76. The summed E-state index contributed by atoms with van der Waals surface area (Å²) >= 11 is 1.43. The van der Waals surface area contributed by atoms with E-state index >= 15 is 0 Å². The van der Waals surface area contributed by atoms with Gasteiger partial charge in [-0.3, -0.25) is 10.1 Å². The zero-order valence-electron chi connectivity index (χ0n) is 14.3. The molecule has 1 unspecified atom stereocenters. The number of thiazole rings is 1. The quantitative estimate of drug-likeness (QED) is 0.815. The summed E-state index contributed by atoms with van der Waals surface area (Å²) in [5.74, 6) is -0.255. The Morgan fingerprint density at radius 2 is 2.20 bits per heavy atom. The van der Waals surface area contributed by atoms with Crippen LogP contribution in [0.1, 0.15) is 29.5 Å². The monoisotopic (exact) mass is 359 g/mol. The number of hydrogen-bond acceptors (Lipinski definition) is 5. The number of nitrogens with zero attached hydrogens (tertiary/aromatic N) is 1. The number of ether oxygens (including phenoxy) is 1. The van der Waals surface area contributed by atoms with Gasteiger partial charge in [-0.25, -0.2) is 9.78 Å². The molecule has 2 aromatic rings. The van der Waals surface area contributed by atoms with Crippen molar-refractivity contribution in [1.29, 1.82) is 0 Å². The number of benzene rings is 1. The highest BCUT2D eigenvalue weighted by Crippen LogP contribution is 2.33. The molecular weight excluding hydrogens is 338 g/mol. The average molecular weight is 359 g/mol. The number of carbonyl (C=O) groups is 2. The third-order valence-electron chi connectivity index (χ3n) is 4.06. The number of amides is 2. The highest BCUT2D eigenvalue weighted by Gasteiger charge is 2.28. The first-order valence-corrected chi connectivity index (χ1v) is 9.16. The van der Waals surface area contributed by atoms with Crippen LogP contribution in [0.3, 0.4) is 0 Å². The van der Waals surface area contributed by atoms with Gasteiger partial charge in [0, 0.05) is 10.6 Å². The van der Waals surface area contributed by atoms with Crippen LogP contribution in [-0.4, -0.2) is 23.6 Å². The van der Waals surface area contributed by atoms with Crippen molar-refractivity contribution in [3.05, 3.63) is 40.4 Å². The number of fused-ring (bicyclic) bond motifs is 1. The number of aromatic nitrogens is 1. The van der Waals surface area contributed by atoms with E-state index in [1.54, 1.807) is 0 Å². The number of hydrogen-bond donors (Lipinski definition) is 2. The molecule has 0 saturated heterocycles. The molecule has 1 aliphatic carbocycles. The molecule has 1 aliphatic rings. The largest absolute Gasteiger partial charge is 0.466 e. The Balaban J connectivity index is 1.62. The van der Waals surface area contributed by atoms with Crippen molar-refractivity contribution in [2.45, 2.75) is 33.1 Å². The molecule has 7 heteroatoms. The molecule has 0 bridgehead atoms. The fraction of sp³-hybridized carbons (Fsp3) is 0.389. The van der Waals surface area contributed by atoms with Crippen molar-refractivity contribution < 1.29 is 14.3 Å². The summed E-state index contributed by atoms with van der Waals surface area (Å²) in [5.41, 5.74) is 2.78. The van der Waals surface area contributed by atoms with E-state index < -0.39 is 0 Å². The second kappa shape index (κ2) is 7.65. The molecule has 2 N–H and O–H groups in total. The van der Waals surface area contributed by atoms with Crippen LogP contribution in [0.4, 0.5) is 15.6 Å². The van der Waals surface area contributed by atoms with Gasteiger partial charge in [-0.05, 0) is 50.8 Å². The zero-order valence-corrected chi connectivity index (χ0v) is 15.1. The minimum absolute atomic E-state index is 0.109. The van der Waals surface area contributed by atoms with Crippen LogP contribution in [0, 0.1) is 12.8 Å². The van der Waals surface area contributed by atoms with Gasteiger partial charge >= 0.3 is 12.0 Å². The van der Waals surface area contributed by atoms with Crippen molar-refractivity contribution in [2.75, 3.05) is 17.2 Å². The number of urea groups is 1. The van der Waals surface area contributed by atoms with E-state index in [0.29, 0.717) is 18.2 Å². The van der Waals surface area contributed by atoms with Crippen molar-refractivity contribution >= 4 is 34.2 Å². The maximum absolute atomic E-state index is 12.1. The number of rotatable bonds is 4. The molecule has 2 amide bonds. The van der Waals surface area contributed by atoms with Crippen molar-refractivity contribution in [3.8, 4) is 0 Å². The Hall–Kier alpha value is -2.41. The third kappa shape index (κ3) is 4.36. The van der Waals surface area contributed by atoms with Crippen LogP contribution in [0.15, 0.2) is 24.3 Å². The molecule has 1 aromatic heterocycles. The Morgan fingerprint density at radius 3 is 2.96 bits per heavy atom. The summed E-state index contributed by atoms with van der Waals surface area (Å²) in [4.78, 5) is 29.6. The summed E-state index contributed by atoms with van der Waals surface area (Å²) in [6.45, 7) is 4.18. The number of carbonyl (C=O) groups excluding carboxylic acids is 2. The minimum atomic E-state index is -0.321. The first-order valence-electron chi connectivity index (χ1n) is 8.35.